The minimum Gasteiger partial charge on any atom is -0.504 e. The summed E-state index contributed by atoms with van der Waals surface area (Å²) < 4.78 is 0. The van der Waals surface area contributed by atoms with E-state index in [9.17, 15) is 10.2 Å². The quantitative estimate of drug-likeness (QED) is 0.804. The number of piperidine rings is 1. The summed E-state index contributed by atoms with van der Waals surface area (Å²) in [5.41, 5.74) is 2.26. The van der Waals surface area contributed by atoms with Gasteiger partial charge in [0.05, 0.1) is 0 Å². The van der Waals surface area contributed by atoms with Crippen LogP contribution in [0.15, 0.2) is 12.1 Å². The van der Waals surface area contributed by atoms with Crippen molar-refractivity contribution in [3.05, 3.63) is 23.3 Å². The van der Waals surface area contributed by atoms with Gasteiger partial charge in [-0.3, -0.25) is 4.90 Å². The molecule has 1 saturated heterocycles. The molecule has 0 unspecified atom stereocenters. The molecule has 3 heteroatoms. The van der Waals surface area contributed by atoms with Crippen molar-refractivity contribution in [1.29, 1.82) is 0 Å². The first-order valence-electron chi connectivity index (χ1n) is 7.50. The molecule has 104 valence electrons. The second kappa shape index (κ2) is 5.04. The molecule has 2 atom stereocenters. The third-order valence-corrected chi connectivity index (χ3v) is 4.79. The number of benzene rings is 1. The van der Waals surface area contributed by atoms with E-state index in [1.807, 2.05) is 6.07 Å². The van der Waals surface area contributed by atoms with Gasteiger partial charge in [0.25, 0.3) is 0 Å². The van der Waals surface area contributed by atoms with E-state index < -0.39 is 0 Å². The zero-order valence-corrected chi connectivity index (χ0v) is 11.6. The van der Waals surface area contributed by atoms with E-state index in [1.165, 1.54) is 37.9 Å². The molecule has 2 N–H and O–H groups in total. The molecule has 0 saturated carbocycles. The van der Waals surface area contributed by atoms with E-state index in [0.717, 1.165) is 18.4 Å². The fourth-order valence-corrected chi connectivity index (χ4v) is 3.98. The van der Waals surface area contributed by atoms with Crippen LogP contribution in [0.3, 0.4) is 0 Å². The van der Waals surface area contributed by atoms with Crippen molar-refractivity contribution in [3.63, 3.8) is 0 Å². The number of aromatic hydroxyl groups is 2. The summed E-state index contributed by atoms with van der Waals surface area (Å²) in [4.78, 5) is 2.63. The van der Waals surface area contributed by atoms with Crippen LogP contribution < -0.4 is 0 Å². The van der Waals surface area contributed by atoms with Gasteiger partial charge in [0.15, 0.2) is 11.5 Å². The molecule has 3 rings (SSSR count). The lowest BCUT2D eigenvalue weighted by molar-refractivity contribution is 0.112. The lowest BCUT2D eigenvalue weighted by Gasteiger charge is -2.45. The Labute approximate surface area is 114 Å². The molecule has 1 aliphatic heterocycles. The van der Waals surface area contributed by atoms with Gasteiger partial charge in [-0.1, -0.05) is 13.0 Å². The summed E-state index contributed by atoms with van der Waals surface area (Å²) in [6, 6.07) is 4.30. The van der Waals surface area contributed by atoms with E-state index in [-0.39, 0.29) is 11.5 Å². The average Bonchev–Trinajstić information content (AvgIpc) is 2.43. The van der Waals surface area contributed by atoms with Crippen molar-refractivity contribution in [2.75, 3.05) is 13.1 Å². The van der Waals surface area contributed by atoms with E-state index in [0.29, 0.717) is 12.0 Å². The Morgan fingerprint density at radius 1 is 1.26 bits per heavy atom. The van der Waals surface area contributed by atoms with Gasteiger partial charge in [-0.15, -0.1) is 0 Å². The predicted octanol–water partition coefficient (Wildman–Crippen LogP) is 3.00. The number of phenolic OH excluding ortho intramolecular Hbond substituents is 2. The fraction of sp³-hybridized carbons (Fsp3) is 0.625. The Kier molecular flexibility index (Phi) is 3.40. The molecule has 0 aromatic heterocycles. The molecule has 0 amide bonds. The van der Waals surface area contributed by atoms with Crippen LogP contribution in [0.4, 0.5) is 0 Å². The molecule has 2 aliphatic rings. The second-order valence-electron chi connectivity index (χ2n) is 5.89. The maximum absolute atomic E-state index is 10.0. The number of rotatable bonds is 2. The van der Waals surface area contributed by atoms with Gasteiger partial charge in [0.2, 0.25) is 0 Å². The largest absolute Gasteiger partial charge is 0.504 e. The highest BCUT2D eigenvalue weighted by Crippen LogP contribution is 2.45. The fourth-order valence-electron chi connectivity index (χ4n) is 3.98. The molecule has 0 spiro atoms. The van der Waals surface area contributed by atoms with Crippen molar-refractivity contribution >= 4 is 0 Å². The van der Waals surface area contributed by atoms with E-state index in [4.69, 9.17) is 0 Å². The molecule has 1 aromatic rings. The van der Waals surface area contributed by atoms with Crippen LogP contribution in [0.2, 0.25) is 0 Å². The highest BCUT2D eigenvalue weighted by Gasteiger charge is 2.37. The average molecular weight is 261 g/mol. The van der Waals surface area contributed by atoms with Gasteiger partial charge in [-0.2, -0.15) is 0 Å². The van der Waals surface area contributed by atoms with Crippen LogP contribution in [-0.4, -0.2) is 34.2 Å². The van der Waals surface area contributed by atoms with Crippen LogP contribution in [0.1, 0.15) is 49.7 Å². The molecule has 19 heavy (non-hydrogen) atoms. The highest BCUT2D eigenvalue weighted by atomic mass is 16.3. The summed E-state index contributed by atoms with van der Waals surface area (Å²) in [5.74, 6) is 0.678. The maximum Gasteiger partial charge on any atom is 0.160 e. The van der Waals surface area contributed by atoms with E-state index in [2.05, 4.69) is 11.8 Å². The minimum atomic E-state index is 0.0263. The zero-order chi connectivity index (χ0) is 13.4. The maximum atomic E-state index is 10.0. The summed E-state index contributed by atoms with van der Waals surface area (Å²) in [6.07, 6.45) is 5.65. The Morgan fingerprint density at radius 3 is 2.89 bits per heavy atom. The van der Waals surface area contributed by atoms with E-state index >= 15 is 0 Å². The Bertz CT molecular complexity index is 470. The summed E-state index contributed by atoms with van der Waals surface area (Å²) in [6.45, 7) is 4.64. The highest BCUT2D eigenvalue weighted by molar-refractivity contribution is 5.51. The van der Waals surface area contributed by atoms with Gasteiger partial charge in [0.1, 0.15) is 0 Å². The van der Waals surface area contributed by atoms with Gasteiger partial charge in [-0.25, -0.2) is 0 Å². The Morgan fingerprint density at radius 2 is 2.11 bits per heavy atom. The van der Waals surface area contributed by atoms with Gasteiger partial charge >= 0.3 is 0 Å². The molecule has 3 nitrogen and oxygen atoms in total. The predicted molar refractivity (Wildman–Crippen MR) is 75.7 cm³/mol. The third kappa shape index (κ3) is 2.10. The monoisotopic (exact) mass is 261 g/mol. The number of phenols is 2. The normalized spacial score (nSPS) is 26.8. The van der Waals surface area contributed by atoms with Crippen molar-refractivity contribution in [3.8, 4) is 11.5 Å². The first-order valence-corrected chi connectivity index (χ1v) is 7.50. The molecule has 0 bridgehead atoms. The molecule has 1 fully saturated rings. The lowest BCUT2D eigenvalue weighted by atomic mass is 9.74. The number of hydrogen-bond acceptors (Lipinski definition) is 3. The standard InChI is InChI=1S/C16H23NO2/c1-2-9-17-10-3-4-12-11-6-8-15(18)16(19)13(11)5-7-14(12)17/h6,8,12,14,18-19H,2-5,7,9-10H2,1H3/t12-,14+/m1/s1. The molecular weight excluding hydrogens is 238 g/mol. The van der Waals surface area contributed by atoms with Crippen molar-refractivity contribution < 1.29 is 10.2 Å². The van der Waals surface area contributed by atoms with Crippen molar-refractivity contribution in [1.82, 2.24) is 4.90 Å². The Hall–Kier alpha value is -1.22. The molecule has 0 radical (unpaired) electrons. The topological polar surface area (TPSA) is 43.7 Å². The number of fused-ring (bicyclic) bond motifs is 3. The Balaban J connectivity index is 1.94. The molecule has 1 heterocycles. The van der Waals surface area contributed by atoms with Crippen molar-refractivity contribution in [2.24, 2.45) is 0 Å². The van der Waals surface area contributed by atoms with Crippen LogP contribution >= 0.6 is 0 Å². The second-order valence-corrected chi connectivity index (χ2v) is 5.89. The SMILES string of the molecule is CCCN1CCC[C@@H]2c3ccc(O)c(O)c3CC[C@@H]21. The van der Waals surface area contributed by atoms with E-state index in [1.54, 1.807) is 6.07 Å². The lowest BCUT2D eigenvalue weighted by Crippen LogP contribution is -2.46. The summed E-state index contributed by atoms with van der Waals surface area (Å²) in [5, 5.41) is 19.7. The number of nitrogens with zero attached hydrogens (tertiary/aromatic N) is 1. The molecule has 1 aromatic carbocycles. The first-order chi connectivity index (χ1) is 9.22. The molecular formula is C16H23NO2. The third-order valence-electron chi connectivity index (χ3n) is 4.79. The van der Waals surface area contributed by atoms with Crippen LogP contribution in [0.5, 0.6) is 11.5 Å². The minimum absolute atomic E-state index is 0.0263. The van der Waals surface area contributed by atoms with Crippen LogP contribution in [-0.2, 0) is 6.42 Å². The summed E-state index contributed by atoms with van der Waals surface area (Å²) >= 11 is 0. The zero-order valence-electron chi connectivity index (χ0n) is 11.6. The van der Waals surface area contributed by atoms with Gasteiger partial charge in [0, 0.05) is 11.6 Å². The van der Waals surface area contributed by atoms with Crippen LogP contribution in [0.25, 0.3) is 0 Å². The van der Waals surface area contributed by atoms with Crippen molar-refractivity contribution in [2.45, 2.75) is 51.0 Å². The first kappa shape index (κ1) is 12.8. The van der Waals surface area contributed by atoms with Gasteiger partial charge in [-0.05, 0) is 62.7 Å². The van der Waals surface area contributed by atoms with Gasteiger partial charge < -0.3 is 10.2 Å². The smallest absolute Gasteiger partial charge is 0.160 e. The number of likely N-dealkylation sites (tertiary alicyclic amines) is 1. The number of hydrogen-bond donors (Lipinski definition) is 2. The molecule has 1 aliphatic carbocycles. The van der Waals surface area contributed by atoms with Crippen LogP contribution in [0, 0.1) is 0 Å². The summed E-state index contributed by atoms with van der Waals surface area (Å²) in [7, 11) is 0.